The third kappa shape index (κ3) is 2.35. The van der Waals surface area contributed by atoms with E-state index in [2.05, 4.69) is 4.98 Å². The van der Waals surface area contributed by atoms with Crippen molar-refractivity contribution in [3.63, 3.8) is 0 Å². The molecule has 0 unspecified atom stereocenters. The molecule has 1 aromatic heterocycles. The van der Waals surface area contributed by atoms with Gasteiger partial charge in [0.15, 0.2) is 0 Å². The maximum atomic E-state index is 6.55. The number of hydrogen-bond acceptors (Lipinski definition) is 3. The molecule has 1 aliphatic rings. The Labute approximate surface area is 149 Å². The first kappa shape index (κ1) is 15.4. The van der Waals surface area contributed by atoms with Gasteiger partial charge in [-0.1, -0.05) is 47.5 Å². The van der Waals surface area contributed by atoms with Crippen molar-refractivity contribution >= 4 is 28.9 Å². The summed E-state index contributed by atoms with van der Waals surface area (Å²) in [5.41, 5.74) is 10.2. The molecule has 0 saturated carbocycles. The average Bonchev–Trinajstić information content (AvgIpc) is 2.92. The Morgan fingerprint density at radius 2 is 1.83 bits per heavy atom. The molecule has 0 radical (unpaired) electrons. The zero-order valence-corrected chi connectivity index (χ0v) is 14.2. The van der Waals surface area contributed by atoms with Crippen LogP contribution < -0.4 is 5.73 Å². The molecule has 24 heavy (non-hydrogen) atoms. The van der Waals surface area contributed by atoms with E-state index in [1.807, 2.05) is 47.0 Å². The molecule has 0 aliphatic carbocycles. The molecule has 2 heterocycles. The molecule has 6 heteroatoms. The molecular weight excluding hydrogens is 343 g/mol. The molecule has 1 aliphatic heterocycles. The second kappa shape index (κ2) is 6.06. The van der Waals surface area contributed by atoms with Gasteiger partial charge >= 0.3 is 0 Å². The summed E-state index contributed by atoms with van der Waals surface area (Å²) in [5, 5.41) is 1.26. The fourth-order valence-corrected chi connectivity index (χ4v) is 3.50. The Morgan fingerprint density at radius 1 is 1.04 bits per heavy atom. The number of nitrogens with zero attached hydrogens (tertiary/aromatic N) is 3. The number of aliphatic imine (C=N–C) groups is 1. The highest BCUT2D eigenvalue weighted by Gasteiger charge is 2.24. The topological polar surface area (TPSA) is 56.2 Å². The Hall–Kier alpha value is -2.14. The van der Waals surface area contributed by atoms with Gasteiger partial charge in [0.1, 0.15) is 5.82 Å². The van der Waals surface area contributed by atoms with E-state index in [1.165, 1.54) is 0 Å². The van der Waals surface area contributed by atoms with Crippen LogP contribution in [0.25, 0.3) is 5.69 Å². The number of nitrogens with two attached hydrogens (primary N) is 1. The lowest BCUT2D eigenvalue weighted by Gasteiger charge is -2.15. The standard InChI is InChI=1S/C18H14Cl2N4/c19-13-5-2-1-4-12(13)18-17-14(20)6-3-7-15(17)24-11(8-21)9-22-16(24)10-23-18/h1-7,9H,8,10,21H2. The van der Waals surface area contributed by atoms with E-state index in [-0.39, 0.29) is 0 Å². The summed E-state index contributed by atoms with van der Waals surface area (Å²) in [5.74, 6) is 0.834. The van der Waals surface area contributed by atoms with Gasteiger partial charge in [-0.15, -0.1) is 0 Å². The number of halogens is 2. The summed E-state index contributed by atoms with van der Waals surface area (Å²) in [6.07, 6.45) is 1.79. The number of aromatic nitrogens is 2. The zero-order valence-electron chi connectivity index (χ0n) is 12.7. The lowest BCUT2D eigenvalue weighted by Crippen LogP contribution is -2.11. The Bertz CT molecular complexity index is 959. The third-order valence-electron chi connectivity index (χ3n) is 4.09. The van der Waals surface area contributed by atoms with Gasteiger partial charge in [-0.2, -0.15) is 0 Å². The van der Waals surface area contributed by atoms with Crippen LogP contribution in [0.15, 0.2) is 53.7 Å². The minimum absolute atomic E-state index is 0.389. The zero-order chi connectivity index (χ0) is 16.7. The van der Waals surface area contributed by atoms with Gasteiger partial charge in [0.2, 0.25) is 0 Å². The van der Waals surface area contributed by atoms with Gasteiger partial charge in [-0.05, 0) is 18.2 Å². The molecule has 0 saturated heterocycles. The number of fused-ring (bicyclic) bond motifs is 3. The number of imidazole rings is 1. The molecule has 2 aromatic carbocycles. The van der Waals surface area contributed by atoms with Gasteiger partial charge < -0.3 is 5.73 Å². The van der Waals surface area contributed by atoms with Gasteiger partial charge in [-0.3, -0.25) is 9.56 Å². The predicted octanol–water partition coefficient (Wildman–Crippen LogP) is 3.99. The van der Waals surface area contributed by atoms with Crippen LogP contribution in [0.3, 0.4) is 0 Å². The predicted molar refractivity (Wildman–Crippen MR) is 97.3 cm³/mol. The fourth-order valence-electron chi connectivity index (χ4n) is 3.01. The fraction of sp³-hybridized carbons (Fsp3) is 0.111. The minimum atomic E-state index is 0.389. The van der Waals surface area contributed by atoms with Gasteiger partial charge in [0, 0.05) is 22.7 Å². The van der Waals surface area contributed by atoms with E-state index in [0.717, 1.165) is 34.0 Å². The Kier molecular flexibility index (Phi) is 3.88. The second-order valence-corrected chi connectivity index (χ2v) is 6.30. The van der Waals surface area contributed by atoms with Crippen molar-refractivity contribution in [3.05, 3.63) is 81.4 Å². The quantitative estimate of drug-likeness (QED) is 0.754. The van der Waals surface area contributed by atoms with E-state index < -0.39 is 0 Å². The van der Waals surface area contributed by atoms with E-state index in [0.29, 0.717) is 23.1 Å². The second-order valence-electron chi connectivity index (χ2n) is 5.48. The lowest BCUT2D eigenvalue weighted by atomic mass is 10.00. The van der Waals surface area contributed by atoms with Crippen molar-refractivity contribution in [2.75, 3.05) is 0 Å². The molecule has 4 nitrogen and oxygen atoms in total. The molecule has 0 amide bonds. The number of benzene rings is 2. The van der Waals surface area contributed by atoms with Crippen molar-refractivity contribution in [1.82, 2.24) is 9.55 Å². The van der Waals surface area contributed by atoms with E-state index in [9.17, 15) is 0 Å². The normalized spacial score (nSPS) is 13.0. The lowest BCUT2D eigenvalue weighted by molar-refractivity contribution is 0.833. The molecular formula is C18H14Cl2N4. The van der Waals surface area contributed by atoms with E-state index in [4.69, 9.17) is 33.9 Å². The van der Waals surface area contributed by atoms with Crippen LogP contribution in [0.2, 0.25) is 10.0 Å². The van der Waals surface area contributed by atoms with Crippen molar-refractivity contribution in [1.29, 1.82) is 0 Å². The average molecular weight is 357 g/mol. The van der Waals surface area contributed by atoms with Gasteiger partial charge in [-0.25, -0.2) is 4.98 Å². The van der Waals surface area contributed by atoms with Crippen LogP contribution >= 0.6 is 23.2 Å². The smallest absolute Gasteiger partial charge is 0.135 e. The summed E-state index contributed by atoms with van der Waals surface area (Å²) in [7, 11) is 0. The summed E-state index contributed by atoms with van der Waals surface area (Å²) in [4.78, 5) is 9.24. The highest BCUT2D eigenvalue weighted by atomic mass is 35.5. The summed E-state index contributed by atoms with van der Waals surface area (Å²) in [6.45, 7) is 0.825. The van der Waals surface area contributed by atoms with E-state index >= 15 is 0 Å². The van der Waals surface area contributed by atoms with E-state index in [1.54, 1.807) is 6.20 Å². The Morgan fingerprint density at radius 3 is 2.62 bits per heavy atom. The highest BCUT2D eigenvalue weighted by Crippen LogP contribution is 2.33. The minimum Gasteiger partial charge on any atom is -0.325 e. The molecule has 4 rings (SSSR count). The van der Waals surface area contributed by atoms with Crippen LogP contribution in [-0.4, -0.2) is 15.3 Å². The first-order valence-corrected chi connectivity index (χ1v) is 8.30. The molecule has 3 aromatic rings. The maximum Gasteiger partial charge on any atom is 0.135 e. The molecule has 0 atom stereocenters. The SMILES string of the molecule is NCc1cnc2n1-c1cccc(Cl)c1C(c1ccccc1Cl)=NC2. The molecule has 120 valence electrons. The van der Waals surface area contributed by atoms with Gasteiger partial charge in [0.05, 0.1) is 34.9 Å². The molecule has 0 fully saturated rings. The summed E-state index contributed by atoms with van der Waals surface area (Å²) < 4.78 is 2.04. The number of hydrogen-bond donors (Lipinski definition) is 1. The van der Waals surface area contributed by atoms with Crippen LogP contribution in [0.4, 0.5) is 0 Å². The largest absolute Gasteiger partial charge is 0.325 e. The van der Waals surface area contributed by atoms with Crippen molar-refractivity contribution in [3.8, 4) is 5.69 Å². The summed E-state index contributed by atoms with van der Waals surface area (Å²) >= 11 is 13.0. The Balaban J connectivity index is 2.04. The van der Waals surface area contributed by atoms with Gasteiger partial charge in [0.25, 0.3) is 0 Å². The molecule has 0 spiro atoms. The molecule has 2 N–H and O–H groups in total. The number of rotatable bonds is 2. The van der Waals surface area contributed by atoms with Crippen molar-refractivity contribution in [2.45, 2.75) is 13.1 Å². The first-order chi connectivity index (χ1) is 11.7. The van der Waals surface area contributed by atoms with Crippen LogP contribution in [0.1, 0.15) is 22.6 Å². The monoisotopic (exact) mass is 356 g/mol. The third-order valence-corrected chi connectivity index (χ3v) is 4.74. The van der Waals surface area contributed by atoms with Crippen molar-refractivity contribution in [2.24, 2.45) is 10.7 Å². The summed E-state index contributed by atoms with van der Waals surface area (Å²) in [6, 6.07) is 13.4. The van der Waals surface area contributed by atoms with Crippen LogP contribution in [0.5, 0.6) is 0 Å². The van der Waals surface area contributed by atoms with Crippen LogP contribution in [0, 0.1) is 0 Å². The highest BCUT2D eigenvalue weighted by molar-refractivity contribution is 6.39. The first-order valence-electron chi connectivity index (χ1n) is 7.55. The van der Waals surface area contributed by atoms with Crippen molar-refractivity contribution < 1.29 is 0 Å². The molecule has 0 bridgehead atoms. The maximum absolute atomic E-state index is 6.55. The van der Waals surface area contributed by atoms with Crippen LogP contribution in [-0.2, 0) is 13.1 Å².